The lowest BCUT2D eigenvalue weighted by Crippen LogP contribution is -2.20. The minimum Gasteiger partial charge on any atom is -0.458 e. The van der Waals surface area contributed by atoms with Gasteiger partial charge < -0.3 is 9.47 Å². The molecule has 0 bridgehead atoms. The predicted molar refractivity (Wildman–Crippen MR) is 47.7 cm³/mol. The molecule has 0 aromatic heterocycles. The zero-order valence-corrected chi connectivity index (χ0v) is 8.79. The maximum absolute atomic E-state index is 12.0. The van der Waals surface area contributed by atoms with Crippen molar-refractivity contribution in [3.63, 3.8) is 0 Å². The van der Waals surface area contributed by atoms with E-state index in [4.69, 9.17) is 0 Å². The predicted octanol–water partition coefficient (Wildman–Crippen LogP) is 1.55. The van der Waals surface area contributed by atoms with Crippen LogP contribution in [0.1, 0.15) is 6.92 Å². The lowest BCUT2D eigenvalue weighted by Gasteiger charge is -2.05. The number of hydrogen-bond acceptors (Lipinski definition) is 4. The highest BCUT2D eigenvalue weighted by molar-refractivity contribution is 6.29. The molecule has 0 aromatic carbocycles. The van der Waals surface area contributed by atoms with E-state index in [-0.39, 0.29) is 6.61 Å². The second-order valence-corrected chi connectivity index (χ2v) is 2.62. The van der Waals surface area contributed by atoms with Crippen molar-refractivity contribution in [2.24, 2.45) is 0 Å². The average Bonchev–Trinajstić information content (AvgIpc) is 2.23. The maximum atomic E-state index is 12.0. The minimum absolute atomic E-state index is 0.0664. The van der Waals surface area contributed by atoms with Gasteiger partial charge in [-0.05, 0) is 13.0 Å². The van der Waals surface area contributed by atoms with Gasteiger partial charge in [-0.2, -0.15) is 0 Å². The van der Waals surface area contributed by atoms with Gasteiger partial charge in [0.25, 0.3) is 12.9 Å². The first-order valence-electron chi connectivity index (χ1n) is 4.50. The van der Waals surface area contributed by atoms with E-state index >= 15 is 0 Å². The van der Waals surface area contributed by atoms with Crippen LogP contribution in [0.25, 0.3) is 0 Å². The Labute approximate surface area is 94.2 Å². The SMILES string of the molecule is CCOC(=O)C(=O)OCC=C(C(F)F)C(F)F. The second kappa shape index (κ2) is 7.64. The van der Waals surface area contributed by atoms with Crippen molar-refractivity contribution in [3.05, 3.63) is 11.6 Å². The summed E-state index contributed by atoms with van der Waals surface area (Å²) in [5, 5.41) is 0. The molecule has 0 aromatic rings. The first kappa shape index (κ1) is 15.4. The zero-order chi connectivity index (χ0) is 13.4. The van der Waals surface area contributed by atoms with Gasteiger partial charge in [-0.25, -0.2) is 27.2 Å². The molecule has 17 heavy (non-hydrogen) atoms. The molecule has 0 rings (SSSR count). The van der Waals surface area contributed by atoms with Gasteiger partial charge >= 0.3 is 11.9 Å². The van der Waals surface area contributed by atoms with Crippen LogP contribution in [0.3, 0.4) is 0 Å². The van der Waals surface area contributed by atoms with Crippen molar-refractivity contribution < 1.29 is 36.6 Å². The fourth-order valence-corrected chi connectivity index (χ4v) is 0.736. The van der Waals surface area contributed by atoms with Gasteiger partial charge in [0.1, 0.15) is 6.61 Å². The van der Waals surface area contributed by atoms with Gasteiger partial charge in [-0.3, -0.25) is 0 Å². The molecule has 0 aliphatic rings. The molecule has 0 aliphatic heterocycles. The number of hydrogen-bond donors (Lipinski definition) is 0. The molecular weight excluding hydrogens is 248 g/mol. The van der Waals surface area contributed by atoms with Crippen LogP contribution in [-0.4, -0.2) is 38.0 Å². The molecule has 0 amide bonds. The van der Waals surface area contributed by atoms with Crippen molar-refractivity contribution in [2.75, 3.05) is 13.2 Å². The molecule has 0 saturated heterocycles. The van der Waals surface area contributed by atoms with E-state index < -0.39 is 37.0 Å². The van der Waals surface area contributed by atoms with E-state index in [1.165, 1.54) is 6.92 Å². The third kappa shape index (κ3) is 5.88. The van der Waals surface area contributed by atoms with Crippen LogP contribution >= 0.6 is 0 Å². The first-order chi connectivity index (χ1) is 7.90. The Morgan fingerprint density at radius 1 is 1.06 bits per heavy atom. The summed E-state index contributed by atoms with van der Waals surface area (Å²) in [5.41, 5.74) is -1.46. The number of alkyl halides is 4. The second-order valence-electron chi connectivity index (χ2n) is 2.62. The summed E-state index contributed by atoms with van der Waals surface area (Å²) < 4.78 is 56.2. The highest BCUT2D eigenvalue weighted by atomic mass is 19.3. The molecule has 4 nitrogen and oxygen atoms in total. The minimum atomic E-state index is -3.35. The van der Waals surface area contributed by atoms with E-state index in [0.29, 0.717) is 6.08 Å². The highest BCUT2D eigenvalue weighted by Crippen LogP contribution is 2.16. The van der Waals surface area contributed by atoms with Gasteiger partial charge in [-0.15, -0.1) is 0 Å². The Morgan fingerprint density at radius 3 is 1.94 bits per heavy atom. The summed E-state index contributed by atoms with van der Waals surface area (Å²) in [7, 11) is 0. The molecule has 0 aliphatic carbocycles. The summed E-state index contributed by atoms with van der Waals surface area (Å²) in [6.07, 6.45) is -6.35. The largest absolute Gasteiger partial charge is 0.458 e. The summed E-state index contributed by atoms with van der Waals surface area (Å²) in [4.78, 5) is 21.4. The molecule has 0 unspecified atom stereocenters. The van der Waals surface area contributed by atoms with E-state index in [9.17, 15) is 27.2 Å². The Bertz CT molecular complexity index is 291. The molecule has 0 fully saturated rings. The fraction of sp³-hybridized carbons (Fsp3) is 0.556. The van der Waals surface area contributed by atoms with E-state index in [2.05, 4.69) is 9.47 Å². The van der Waals surface area contributed by atoms with E-state index in [1.54, 1.807) is 0 Å². The Balaban J connectivity index is 4.24. The number of carbonyl (C=O) groups excluding carboxylic acids is 2. The molecule has 0 radical (unpaired) electrons. The summed E-state index contributed by atoms with van der Waals surface area (Å²) in [6, 6.07) is 0. The number of ether oxygens (including phenoxy) is 2. The average molecular weight is 258 g/mol. The van der Waals surface area contributed by atoms with Crippen LogP contribution < -0.4 is 0 Å². The smallest absolute Gasteiger partial charge is 0.417 e. The molecule has 0 saturated carbocycles. The third-order valence-corrected chi connectivity index (χ3v) is 1.48. The van der Waals surface area contributed by atoms with E-state index in [0.717, 1.165) is 0 Å². The van der Waals surface area contributed by atoms with Crippen LogP contribution in [0.2, 0.25) is 0 Å². The lowest BCUT2D eigenvalue weighted by molar-refractivity contribution is -0.166. The third-order valence-electron chi connectivity index (χ3n) is 1.48. The van der Waals surface area contributed by atoms with Crippen molar-refractivity contribution in [2.45, 2.75) is 19.8 Å². The van der Waals surface area contributed by atoms with Crippen LogP contribution in [0.4, 0.5) is 17.6 Å². The summed E-state index contributed by atoms with van der Waals surface area (Å²) in [6.45, 7) is 0.529. The fourth-order valence-electron chi connectivity index (χ4n) is 0.736. The molecule has 0 spiro atoms. The quantitative estimate of drug-likeness (QED) is 0.325. The standard InChI is InChI=1S/C9H10F4O4/c1-2-16-8(14)9(15)17-4-3-5(6(10)11)7(12)13/h3,6-7H,2,4H2,1H3. The van der Waals surface area contributed by atoms with Crippen LogP contribution in [0, 0.1) is 0 Å². The lowest BCUT2D eigenvalue weighted by atomic mass is 10.3. The topological polar surface area (TPSA) is 52.6 Å². The van der Waals surface area contributed by atoms with Crippen molar-refractivity contribution in [1.82, 2.24) is 0 Å². The van der Waals surface area contributed by atoms with Gasteiger partial charge in [0.15, 0.2) is 0 Å². The van der Waals surface area contributed by atoms with Crippen molar-refractivity contribution >= 4 is 11.9 Å². The van der Waals surface area contributed by atoms with Crippen LogP contribution in [0.15, 0.2) is 11.6 Å². The van der Waals surface area contributed by atoms with E-state index in [1.807, 2.05) is 0 Å². The number of rotatable bonds is 5. The van der Waals surface area contributed by atoms with Crippen LogP contribution in [-0.2, 0) is 19.1 Å². The number of carbonyl (C=O) groups is 2. The first-order valence-corrected chi connectivity index (χ1v) is 4.50. The number of esters is 2. The highest BCUT2D eigenvalue weighted by Gasteiger charge is 2.22. The summed E-state index contributed by atoms with van der Waals surface area (Å²) >= 11 is 0. The number of halogens is 4. The summed E-state index contributed by atoms with van der Waals surface area (Å²) in [5.74, 6) is -2.73. The number of allylic oxidation sites excluding steroid dienone is 1. The molecule has 98 valence electrons. The molecule has 0 atom stereocenters. The maximum Gasteiger partial charge on any atom is 0.417 e. The Kier molecular flexibility index (Phi) is 6.92. The van der Waals surface area contributed by atoms with Crippen LogP contribution in [0.5, 0.6) is 0 Å². The van der Waals surface area contributed by atoms with Crippen molar-refractivity contribution in [1.29, 1.82) is 0 Å². The van der Waals surface area contributed by atoms with Crippen molar-refractivity contribution in [3.8, 4) is 0 Å². The molecular formula is C9H10F4O4. The molecule has 0 heterocycles. The zero-order valence-electron chi connectivity index (χ0n) is 8.79. The molecule has 8 heteroatoms. The monoisotopic (exact) mass is 258 g/mol. The van der Waals surface area contributed by atoms with Gasteiger partial charge in [0.05, 0.1) is 12.2 Å². The normalized spacial score (nSPS) is 10.3. The Morgan fingerprint density at radius 2 is 1.53 bits per heavy atom. The molecule has 0 N–H and O–H groups in total. The van der Waals surface area contributed by atoms with Gasteiger partial charge in [-0.1, -0.05) is 0 Å². The van der Waals surface area contributed by atoms with Gasteiger partial charge in [0.2, 0.25) is 0 Å². The Hall–Kier alpha value is -1.60. The van der Waals surface area contributed by atoms with Gasteiger partial charge in [0, 0.05) is 0 Å².